The van der Waals surface area contributed by atoms with Crippen LogP contribution in [0.1, 0.15) is 19.8 Å². The molecule has 2 amide bonds. The van der Waals surface area contributed by atoms with Crippen molar-refractivity contribution in [3.8, 4) is 0 Å². The number of esters is 1. The molecule has 0 aliphatic heterocycles. The van der Waals surface area contributed by atoms with E-state index in [9.17, 15) is 14.4 Å². The molecule has 1 unspecified atom stereocenters. The standard InChI is InChI=1S/C10H17N3O4/c1-2-17-10(16)8(11)9(15)12-5-7(14)13-6-3-4-6/h6,8H,2-5,11H2,1H3,(H,12,15)(H,13,14). The molecule has 0 radical (unpaired) electrons. The molecule has 0 saturated heterocycles. The van der Waals surface area contributed by atoms with Gasteiger partial charge in [-0.3, -0.25) is 9.59 Å². The molecule has 1 rings (SSSR count). The van der Waals surface area contributed by atoms with Gasteiger partial charge in [-0.2, -0.15) is 0 Å². The summed E-state index contributed by atoms with van der Waals surface area (Å²) in [5, 5.41) is 4.97. The maximum Gasteiger partial charge on any atom is 0.332 e. The van der Waals surface area contributed by atoms with Crippen molar-refractivity contribution in [3.63, 3.8) is 0 Å². The van der Waals surface area contributed by atoms with Crippen LogP contribution in [0.3, 0.4) is 0 Å². The summed E-state index contributed by atoms with van der Waals surface area (Å²) in [5.41, 5.74) is 5.33. The fourth-order valence-electron chi connectivity index (χ4n) is 1.12. The van der Waals surface area contributed by atoms with E-state index >= 15 is 0 Å². The first kappa shape index (κ1) is 13.4. The van der Waals surface area contributed by atoms with Crippen LogP contribution in [-0.4, -0.2) is 43.0 Å². The van der Waals surface area contributed by atoms with E-state index in [1.54, 1.807) is 6.92 Å². The van der Waals surface area contributed by atoms with Gasteiger partial charge in [0.1, 0.15) is 0 Å². The molecular formula is C10H17N3O4. The summed E-state index contributed by atoms with van der Waals surface area (Å²) in [5.74, 6) is -1.79. The highest BCUT2D eigenvalue weighted by Crippen LogP contribution is 2.18. The van der Waals surface area contributed by atoms with E-state index in [-0.39, 0.29) is 25.1 Å². The molecule has 0 aromatic carbocycles. The van der Waals surface area contributed by atoms with Gasteiger partial charge in [0.2, 0.25) is 11.8 Å². The van der Waals surface area contributed by atoms with Crippen LogP contribution < -0.4 is 16.4 Å². The van der Waals surface area contributed by atoms with Crippen LogP contribution in [0.4, 0.5) is 0 Å². The van der Waals surface area contributed by atoms with Gasteiger partial charge in [-0.1, -0.05) is 0 Å². The largest absolute Gasteiger partial charge is 0.464 e. The van der Waals surface area contributed by atoms with Crippen LogP contribution in [0.5, 0.6) is 0 Å². The van der Waals surface area contributed by atoms with Crippen LogP contribution in [0.2, 0.25) is 0 Å². The summed E-state index contributed by atoms with van der Waals surface area (Å²) >= 11 is 0. The summed E-state index contributed by atoms with van der Waals surface area (Å²) < 4.78 is 4.58. The van der Waals surface area contributed by atoms with Crippen LogP contribution in [-0.2, 0) is 19.1 Å². The molecular weight excluding hydrogens is 226 g/mol. The molecule has 0 bridgehead atoms. The maximum absolute atomic E-state index is 11.3. The molecule has 4 N–H and O–H groups in total. The highest BCUT2D eigenvalue weighted by Gasteiger charge is 2.25. The van der Waals surface area contributed by atoms with Crippen molar-refractivity contribution in [2.24, 2.45) is 5.73 Å². The number of nitrogens with one attached hydrogen (secondary N) is 2. The monoisotopic (exact) mass is 243 g/mol. The Hall–Kier alpha value is -1.63. The second-order valence-corrected chi connectivity index (χ2v) is 3.79. The van der Waals surface area contributed by atoms with Gasteiger partial charge in [0.25, 0.3) is 0 Å². The number of nitrogens with two attached hydrogens (primary N) is 1. The predicted octanol–water partition coefficient (Wildman–Crippen LogP) is -1.73. The first-order chi connectivity index (χ1) is 8.04. The summed E-state index contributed by atoms with van der Waals surface area (Å²) in [7, 11) is 0. The molecule has 17 heavy (non-hydrogen) atoms. The van der Waals surface area contributed by atoms with Gasteiger partial charge >= 0.3 is 5.97 Å². The van der Waals surface area contributed by atoms with E-state index in [4.69, 9.17) is 5.73 Å². The van der Waals surface area contributed by atoms with Gasteiger partial charge in [-0.25, -0.2) is 4.79 Å². The number of hydrogen-bond acceptors (Lipinski definition) is 5. The minimum absolute atomic E-state index is 0.155. The third-order valence-corrected chi connectivity index (χ3v) is 2.19. The van der Waals surface area contributed by atoms with Crippen molar-refractivity contribution in [3.05, 3.63) is 0 Å². The van der Waals surface area contributed by atoms with E-state index in [0.29, 0.717) is 0 Å². The Bertz CT molecular complexity index is 315. The van der Waals surface area contributed by atoms with Crippen molar-refractivity contribution < 1.29 is 19.1 Å². The lowest BCUT2D eigenvalue weighted by Crippen LogP contribution is -2.49. The average Bonchev–Trinajstić information content (AvgIpc) is 3.09. The van der Waals surface area contributed by atoms with Crippen molar-refractivity contribution >= 4 is 17.8 Å². The van der Waals surface area contributed by atoms with Crippen LogP contribution in [0.15, 0.2) is 0 Å². The van der Waals surface area contributed by atoms with E-state index in [2.05, 4.69) is 15.4 Å². The quantitative estimate of drug-likeness (QED) is 0.379. The highest BCUT2D eigenvalue weighted by atomic mass is 16.5. The molecule has 0 heterocycles. The molecule has 1 aliphatic rings. The van der Waals surface area contributed by atoms with Crippen molar-refractivity contribution in [1.82, 2.24) is 10.6 Å². The lowest BCUT2D eigenvalue weighted by molar-refractivity contribution is -0.148. The van der Waals surface area contributed by atoms with Crippen molar-refractivity contribution in [1.29, 1.82) is 0 Å². The van der Waals surface area contributed by atoms with Crippen molar-refractivity contribution in [2.75, 3.05) is 13.2 Å². The summed E-state index contributed by atoms with van der Waals surface area (Å²) in [6, 6.07) is -1.15. The highest BCUT2D eigenvalue weighted by molar-refractivity contribution is 6.02. The Labute approximate surface area is 99.1 Å². The minimum atomic E-state index is -1.39. The molecule has 0 spiro atoms. The number of ether oxygens (including phenoxy) is 1. The SMILES string of the molecule is CCOC(=O)C(N)C(=O)NCC(=O)NC1CC1. The molecule has 7 nitrogen and oxygen atoms in total. The Balaban J connectivity index is 2.22. The van der Waals surface area contributed by atoms with Gasteiger partial charge in [0.05, 0.1) is 13.2 Å². The van der Waals surface area contributed by atoms with Crippen LogP contribution in [0, 0.1) is 0 Å². The molecule has 96 valence electrons. The molecule has 1 atom stereocenters. The van der Waals surface area contributed by atoms with Gasteiger partial charge in [-0.05, 0) is 19.8 Å². The molecule has 1 saturated carbocycles. The Morgan fingerprint density at radius 3 is 2.59 bits per heavy atom. The third-order valence-electron chi connectivity index (χ3n) is 2.19. The average molecular weight is 243 g/mol. The van der Waals surface area contributed by atoms with E-state index in [0.717, 1.165) is 12.8 Å². The summed E-state index contributed by atoms with van der Waals surface area (Å²) in [6.07, 6.45) is 1.95. The molecule has 0 aromatic rings. The van der Waals surface area contributed by atoms with Gasteiger partial charge in [0, 0.05) is 6.04 Å². The van der Waals surface area contributed by atoms with Gasteiger partial charge < -0.3 is 21.1 Å². The number of carbonyl (C=O) groups excluding carboxylic acids is 3. The Kier molecular flexibility index (Phi) is 4.89. The lowest BCUT2D eigenvalue weighted by Gasteiger charge is -2.11. The third kappa shape index (κ3) is 4.81. The predicted molar refractivity (Wildman–Crippen MR) is 58.8 cm³/mol. The van der Waals surface area contributed by atoms with Crippen molar-refractivity contribution in [2.45, 2.75) is 31.8 Å². The minimum Gasteiger partial charge on any atom is -0.464 e. The van der Waals surface area contributed by atoms with Gasteiger partial charge in [-0.15, -0.1) is 0 Å². The number of amides is 2. The number of carbonyl (C=O) groups is 3. The molecule has 1 aliphatic carbocycles. The topological polar surface area (TPSA) is 111 Å². The number of rotatable bonds is 6. The molecule has 0 aromatic heterocycles. The second-order valence-electron chi connectivity index (χ2n) is 3.79. The van der Waals surface area contributed by atoms with E-state index < -0.39 is 17.9 Å². The van der Waals surface area contributed by atoms with Crippen LogP contribution in [0.25, 0.3) is 0 Å². The zero-order valence-corrected chi connectivity index (χ0v) is 9.69. The second kappa shape index (κ2) is 6.19. The smallest absolute Gasteiger partial charge is 0.332 e. The molecule has 1 fully saturated rings. The van der Waals surface area contributed by atoms with Crippen LogP contribution >= 0.6 is 0 Å². The maximum atomic E-state index is 11.3. The first-order valence-electron chi connectivity index (χ1n) is 5.54. The fourth-order valence-corrected chi connectivity index (χ4v) is 1.12. The normalized spacial score (nSPS) is 15.9. The summed E-state index contributed by atoms with van der Waals surface area (Å²) in [4.78, 5) is 33.7. The Morgan fingerprint density at radius 1 is 1.41 bits per heavy atom. The van der Waals surface area contributed by atoms with E-state index in [1.807, 2.05) is 0 Å². The molecule has 7 heteroatoms. The zero-order chi connectivity index (χ0) is 12.8. The lowest BCUT2D eigenvalue weighted by atomic mass is 10.3. The first-order valence-corrected chi connectivity index (χ1v) is 5.54. The Morgan fingerprint density at radius 2 is 2.06 bits per heavy atom. The van der Waals surface area contributed by atoms with E-state index in [1.165, 1.54) is 0 Å². The number of hydrogen-bond donors (Lipinski definition) is 3. The van der Waals surface area contributed by atoms with Gasteiger partial charge in [0.15, 0.2) is 6.04 Å². The fraction of sp³-hybridized carbons (Fsp3) is 0.700. The zero-order valence-electron chi connectivity index (χ0n) is 9.69. The summed E-state index contributed by atoms with van der Waals surface area (Å²) in [6.45, 7) is 1.59.